The quantitative estimate of drug-likeness (QED) is 0.353. The number of rotatable bonds is 3. The molecule has 42 heavy (non-hydrogen) atoms. The van der Waals surface area contributed by atoms with Crippen molar-refractivity contribution >= 4 is 11.1 Å². The van der Waals surface area contributed by atoms with Crippen LogP contribution in [0.4, 0.5) is 0 Å². The summed E-state index contributed by atoms with van der Waals surface area (Å²) in [6.07, 6.45) is 3.19. The van der Waals surface area contributed by atoms with E-state index in [0.29, 0.717) is 0 Å². The second kappa shape index (κ2) is 9.44. The normalized spacial score (nSPS) is 27.5. The van der Waals surface area contributed by atoms with Gasteiger partial charge in [-0.3, -0.25) is 0 Å². The summed E-state index contributed by atoms with van der Waals surface area (Å²) >= 11 is 0. The van der Waals surface area contributed by atoms with Crippen LogP contribution in [-0.4, -0.2) is 0 Å². The summed E-state index contributed by atoms with van der Waals surface area (Å²) in [6, 6.07) is 11.5. The lowest BCUT2D eigenvalue weighted by molar-refractivity contribution is 0.0544. The summed E-state index contributed by atoms with van der Waals surface area (Å²) < 4.78 is 0. The lowest BCUT2D eigenvalue weighted by atomic mass is 9.41. The molecule has 3 aliphatic carbocycles. The smallest absolute Gasteiger partial charge is 0.0194 e. The zero-order valence-corrected chi connectivity index (χ0v) is 28.3. The number of allylic oxidation sites excluding steroid dienone is 8. The van der Waals surface area contributed by atoms with Gasteiger partial charge in [-0.05, 0) is 137 Å². The first-order chi connectivity index (χ1) is 19.3. The second-order valence-corrected chi connectivity index (χ2v) is 15.7. The zero-order valence-electron chi connectivity index (χ0n) is 28.3. The van der Waals surface area contributed by atoms with E-state index in [0.717, 1.165) is 30.4 Å². The van der Waals surface area contributed by atoms with Crippen molar-refractivity contribution in [3.8, 4) is 11.1 Å². The lowest BCUT2D eigenvalue weighted by Crippen LogP contribution is -2.52. The third-order valence-corrected chi connectivity index (χ3v) is 11.5. The molecule has 0 fully saturated rings. The third kappa shape index (κ3) is 4.08. The molecule has 0 aromatic heterocycles. The van der Waals surface area contributed by atoms with Crippen molar-refractivity contribution in [3.05, 3.63) is 118 Å². The zero-order chi connectivity index (χ0) is 31.3. The van der Waals surface area contributed by atoms with Crippen molar-refractivity contribution in [3.63, 3.8) is 0 Å². The van der Waals surface area contributed by atoms with Gasteiger partial charge >= 0.3 is 0 Å². The van der Waals surface area contributed by atoms with Gasteiger partial charge in [0, 0.05) is 5.41 Å². The van der Waals surface area contributed by atoms with E-state index >= 15 is 0 Å². The van der Waals surface area contributed by atoms with Crippen molar-refractivity contribution in [2.45, 2.75) is 101 Å². The van der Waals surface area contributed by atoms with Crippen LogP contribution in [0.2, 0.25) is 0 Å². The summed E-state index contributed by atoms with van der Waals surface area (Å²) in [5.41, 5.74) is 19.7. The maximum absolute atomic E-state index is 4.95. The monoisotopic (exact) mass is 556 g/mol. The van der Waals surface area contributed by atoms with Crippen LogP contribution >= 0.6 is 0 Å². The van der Waals surface area contributed by atoms with E-state index in [9.17, 15) is 0 Å². The molecule has 5 rings (SSSR count). The summed E-state index contributed by atoms with van der Waals surface area (Å²) in [4.78, 5) is 0. The molecule has 2 aromatic carbocycles. The first-order valence-corrected chi connectivity index (χ1v) is 15.7. The van der Waals surface area contributed by atoms with E-state index in [2.05, 4.69) is 120 Å². The average Bonchev–Trinajstić information content (AvgIpc) is 2.85. The standard InChI is InChI=1S/C42H52/c1-24(2)31-17-16-18-32(19-31)33-20-35(39(10,11)12)27(6)37-28(7)38-30(9)42(15)29(8)36(25(3)4)26(5)21-41(42,14)23-40(38,13)22-34(33)37/h16-20H,1,3,7-8,21-23H2,2,4-6,9-15H3/t40-,41+,42-/m1/s1. The minimum atomic E-state index is -0.149. The van der Waals surface area contributed by atoms with Gasteiger partial charge < -0.3 is 0 Å². The fraction of sp³-hybridized carbons (Fsp3) is 0.429. The Labute approximate surface area is 256 Å². The van der Waals surface area contributed by atoms with Crippen LogP contribution < -0.4 is 0 Å². The lowest BCUT2D eigenvalue weighted by Gasteiger charge is -2.62. The number of hydrogen-bond acceptors (Lipinski definition) is 0. The highest BCUT2D eigenvalue weighted by Crippen LogP contribution is 2.70. The van der Waals surface area contributed by atoms with Crippen molar-refractivity contribution in [2.24, 2.45) is 16.2 Å². The summed E-state index contributed by atoms with van der Waals surface area (Å²) in [7, 11) is 0. The topological polar surface area (TPSA) is 0 Å². The van der Waals surface area contributed by atoms with Crippen molar-refractivity contribution < 1.29 is 0 Å². The molecule has 0 nitrogen and oxygen atoms in total. The van der Waals surface area contributed by atoms with Crippen molar-refractivity contribution in [1.29, 1.82) is 0 Å². The Morgan fingerprint density at radius 1 is 0.881 bits per heavy atom. The van der Waals surface area contributed by atoms with E-state index < -0.39 is 0 Å². The Kier molecular flexibility index (Phi) is 6.82. The molecule has 0 amide bonds. The first-order valence-electron chi connectivity index (χ1n) is 15.7. The first kappa shape index (κ1) is 30.3. The van der Waals surface area contributed by atoms with Crippen LogP contribution in [0, 0.1) is 23.2 Å². The van der Waals surface area contributed by atoms with Gasteiger partial charge in [0.05, 0.1) is 0 Å². The van der Waals surface area contributed by atoms with Crippen LogP contribution in [0.3, 0.4) is 0 Å². The molecule has 0 heterocycles. The van der Waals surface area contributed by atoms with Crippen molar-refractivity contribution in [2.75, 3.05) is 0 Å². The van der Waals surface area contributed by atoms with Gasteiger partial charge in [-0.1, -0.05) is 114 Å². The van der Waals surface area contributed by atoms with E-state index in [-0.39, 0.29) is 21.7 Å². The van der Waals surface area contributed by atoms with Gasteiger partial charge in [0.2, 0.25) is 0 Å². The maximum Gasteiger partial charge on any atom is 0.0194 e. The SMILES string of the molecule is C=C(C)C1=C(C)C[C@@]2(C)C[C@@]3(C)Cc4c(-c5cccc(C(=C)C)c5)cc(C(C)(C)C)c(C)c4C(=C)C3=C(C)[C@@]2(C)C1=C. The molecule has 3 atom stereocenters. The van der Waals surface area contributed by atoms with Gasteiger partial charge in [0.25, 0.3) is 0 Å². The minimum absolute atomic E-state index is 0.0117. The molecule has 2 aromatic rings. The highest BCUT2D eigenvalue weighted by molar-refractivity contribution is 5.91. The fourth-order valence-corrected chi connectivity index (χ4v) is 9.59. The Morgan fingerprint density at radius 2 is 1.52 bits per heavy atom. The summed E-state index contributed by atoms with van der Waals surface area (Å²) in [5, 5.41) is 0. The average molecular weight is 557 g/mol. The molecule has 0 aliphatic heterocycles. The van der Waals surface area contributed by atoms with E-state index in [1.807, 2.05) is 0 Å². The molecule has 0 spiro atoms. The van der Waals surface area contributed by atoms with Gasteiger partial charge in [-0.15, -0.1) is 0 Å². The Hall–Kier alpha value is -3.12. The van der Waals surface area contributed by atoms with Crippen LogP contribution in [0.5, 0.6) is 0 Å². The van der Waals surface area contributed by atoms with Gasteiger partial charge in [-0.25, -0.2) is 0 Å². The predicted molar refractivity (Wildman–Crippen MR) is 186 cm³/mol. The van der Waals surface area contributed by atoms with Gasteiger partial charge in [-0.2, -0.15) is 0 Å². The van der Waals surface area contributed by atoms with Gasteiger partial charge in [0.15, 0.2) is 0 Å². The molecule has 3 aliphatic rings. The minimum Gasteiger partial charge on any atom is -0.0955 e. The molecular formula is C42H52. The Balaban J connectivity index is 1.84. The molecule has 0 radical (unpaired) electrons. The molecule has 0 saturated heterocycles. The van der Waals surface area contributed by atoms with E-state index in [1.54, 1.807) is 0 Å². The summed E-state index contributed by atoms with van der Waals surface area (Å²) in [5.74, 6) is 0. The third-order valence-electron chi connectivity index (χ3n) is 11.5. The molecule has 0 N–H and O–H groups in total. The van der Waals surface area contributed by atoms with Crippen molar-refractivity contribution in [1.82, 2.24) is 0 Å². The number of hydrogen-bond donors (Lipinski definition) is 0. The van der Waals surface area contributed by atoms with Crippen LogP contribution in [0.15, 0.2) is 90.1 Å². The maximum atomic E-state index is 4.95. The molecule has 0 heteroatoms. The molecule has 0 saturated carbocycles. The van der Waals surface area contributed by atoms with E-state index in [1.165, 1.54) is 72.4 Å². The van der Waals surface area contributed by atoms with Gasteiger partial charge in [0.1, 0.15) is 0 Å². The summed E-state index contributed by atoms with van der Waals surface area (Å²) in [6.45, 7) is 44.1. The number of fused-ring (bicyclic) bond motifs is 3. The molecule has 220 valence electrons. The fourth-order valence-electron chi connectivity index (χ4n) is 9.59. The molecular weight excluding hydrogens is 504 g/mol. The Bertz CT molecular complexity index is 1670. The van der Waals surface area contributed by atoms with Crippen LogP contribution in [0.25, 0.3) is 22.3 Å². The predicted octanol–water partition coefficient (Wildman–Crippen LogP) is 12.2. The molecule has 0 bridgehead atoms. The van der Waals surface area contributed by atoms with Crippen LogP contribution in [0.1, 0.15) is 110 Å². The molecule has 0 unspecified atom stereocenters. The second-order valence-electron chi connectivity index (χ2n) is 15.7. The van der Waals surface area contributed by atoms with Crippen LogP contribution in [-0.2, 0) is 11.8 Å². The highest BCUT2D eigenvalue weighted by Gasteiger charge is 2.60. The Morgan fingerprint density at radius 3 is 2.10 bits per heavy atom. The highest BCUT2D eigenvalue weighted by atomic mass is 14.6. The largest absolute Gasteiger partial charge is 0.0955 e. The van der Waals surface area contributed by atoms with E-state index in [4.69, 9.17) is 13.2 Å². The number of benzene rings is 2.